The lowest BCUT2D eigenvalue weighted by molar-refractivity contribution is 0.0691. The first kappa shape index (κ1) is 14.0. The quantitative estimate of drug-likeness (QED) is 0.877. The number of hydrogen-bond donors (Lipinski definition) is 2. The minimum Gasteiger partial charge on any atom is -0.476 e. The standard InChI is InChI=1S/C11H12BrN3O3S/c12-7-1-3-15(4-2-7)11(18)13-5-9-14-8(6-19-9)10(16)17/h1,6H,2-5H2,(H,13,18)(H,16,17). The molecule has 0 fully saturated rings. The first-order valence-corrected chi connectivity index (χ1v) is 7.28. The van der Waals surface area contributed by atoms with E-state index in [-0.39, 0.29) is 18.3 Å². The molecule has 0 radical (unpaired) electrons. The summed E-state index contributed by atoms with van der Waals surface area (Å²) in [5.41, 5.74) is 0.0130. The van der Waals surface area contributed by atoms with Crippen molar-refractivity contribution in [3.05, 3.63) is 26.6 Å². The third kappa shape index (κ3) is 3.77. The maximum Gasteiger partial charge on any atom is 0.355 e. The van der Waals surface area contributed by atoms with E-state index in [1.165, 1.54) is 16.7 Å². The molecule has 0 aliphatic carbocycles. The smallest absolute Gasteiger partial charge is 0.355 e. The van der Waals surface area contributed by atoms with Crippen molar-refractivity contribution < 1.29 is 14.7 Å². The van der Waals surface area contributed by atoms with Crippen molar-refractivity contribution in [2.45, 2.75) is 13.0 Å². The van der Waals surface area contributed by atoms with Crippen LogP contribution >= 0.6 is 27.3 Å². The fraction of sp³-hybridized carbons (Fsp3) is 0.364. The van der Waals surface area contributed by atoms with Crippen LogP contribution in [-0.4, -0.2) is 40.1 Å². The van der Waals surface area contributed by atoms with Gasteiger partial charge in [-0.15, -0.1) is 11.3 Å². The molecular formula is C11H12BrN3O3S. The molecule has 19 heavy (non-hydrogen) atoms. The van der Waals surface area contributed by atoms with Gasteiger partial charge in [-0.3, -0.25) is 0 Å². The van der Waals surface area contributed by atoms with Crippen molar-refractivity contribution in [3.63, 3.8) is 0 Å². The predicted molar refractivity (Wildman–Crippen MR) is 74.5 cm³/mol. The van der Waals surface area contributed by atoms with E-state index in [0.717, 1.165) is 10.9 Å². The summed E-state index contributed by atoms with van der Waals surface area (Å²) in [4.78, 5) is 28.1. The van der Waals surface area contributed by atoms with Gasteiger partial charge >= 0.3 is 12.0 Å². The third-order valence-corrected chi connectivity index (χ3v) is 4.17. The van der Waals surface area contributed by atoms with Crippen LogP contribution in [0.4, 0.5) is 4.79 Å². The molecule has 1 aromatic rings. The Morgan fingerprint density at radius 2 is 2.37 bits per heavy atom. The van der Waals surface area contributed by atoms with Crippen LogP contribution in [0.3, 0.4) is 0 Å². The van der Waals surface area contributed by atoms with Gasteiger partial charge in [0.15, 0.2) is 5.69 Å². The predicted octanol–water partition coefficient (Wildman–Crippen LogP) is 2.04. The molecule has 8 heteroatoms. The number of urea groups is 1. The van der Waals surface area contributed by atoms with E-state index in [9.17, 15) is 9.59 Å². The number of halogens is 1. The average Bonchev–Trinajstić information content (AvgIpc) is 2.86. The highest BCUT2D eigenvalue weighted by molar-refractivity contribution is 9.11. The number of carboxylic acid groups (broad SMARTS) is 1. The fourth-order valence-electron chi connectivity index (χ4n) is 1.58. The molecule has 0 saturated heterocycles. The third-order valence-electron chi connectivity index (χ3n) is 2.60. The summed E-state index contributed by atoms with van der Waals surface area (Å²) in [7, 11) is 0. The van der Waals surface area contributed by atoms with Crippen molar-refractivity contribution in [2.75, 3.05) is 13.1 Å². The highest BCUT2D eigenvalue weighted by atomic mass is 79.9. The zero-order valence-corrected chi connectivity index (χ0v) is 12.3. The first-order chi connectivity index (χ1) is 9.06. The molecule has 102 valence electrons. The molecule has 1 aromatic heterocycles. The zero-order valence-electron chi connectivity index (χ0n) is 9.93. The Hall–Kier alpha value is -1.41. The van der Waals surface area contributed by atoms with Gasteiger partial charge in [0, 0.05) is 18.5 Å². The molecule has 0 unspecified atom stereocenters. The summed E-state index contributed by atoms with van der Waals surface area (Å²) in [6.45, 7) is 1.49. The van der Waals surface area contributed by atoms with Crippen LogP contribution in [0.1, 0.15) is 21.9 Å². The number of hydrogen-bond acceptors (Lipinski definition) is 4. The normalized spacial score (nSPS) is 15.0. The van der Waals surface area contributed by atoms with E-state index in [1.807, 2.05) is 6.08 Å². The largest absolute Gasteiger partial charge is 0.476 e. The molecule has 2 N–H and O–H groups in total. The molecule has 0 spiro atoms. The molecular weight excluding hydrogens is 334 g/mol. The summed E-state index contributed by atoms with van der Waals surface area (Å²) in [6, 6.07) is -0.164. The molecule has 1 aliphatic heterocycles. The summed E-state index contributed by atoms with van der Waals surface area (Å²) < 4.78 is 1.11. The number of carboxylic acids is 1. The van der Waals surface area contributed by atoms with Gasteiger partial charge < -0.3 is 15.3 Å². The SMILES string of the molecule is O=C(O)c1csc(CNC(=O)N2CC=C(Br)CC2)n1. The second-order valence-electron chi connectivity index (χ2n) is 3.94. The number of rotatable bonds is 3. The highest BCUT2D eigenvalue weighted by Gasteiger charge is 2.16. The summed E-state index contributed by atoms with van der Waals surface area (Å²) in [5, 5.41) is 13.5. The Morgan fingerprint density at radius 1 is 1.58 bits per heavy atom. The van der Waals surface area contributed by atoms with Crippen molar-refractivity contribution in [1.29, 1.82) is 0 Å². The van der Waals surface area contributed by atoms with Gasteiger partial charge in [-0.05, 0) is 10.9 Å². The lowest BCUT2D eigenvalue weighted by Gasteiger charge is -2.24. The van der Waals surface area contributed by atoms with E-state index in [2.05, 4.69) is 26.2 Å². The number of amides is 2. The average molecular weight is 346 g/mol. The Labute approximate surface area is 122 Å². The molecule has 2 amide bonds. The van der Waals surface area contributed by atoms with E-state index in [4.69, 9.17) is 5.11 Å². The maximum absolute atomic E-state index is 11.8. The molecule has 2 heterocycles. The second-order valence-corrected chi connectivity index (χ2v) is 5.90. The van der Waals surface area contributed by atoms with Gasteiger partial charge in [0.2, 0.25) is 0 Å². The lowest BCUT2D eigenvalue weighted by Crippen LogP contribution is -2.41. The van der Waals surface area contributed by atoms with E-state index >= 15 is 0 Å². The van der Waals surface area contributed by atoms with Gasteiger partial charge in [0.05, 0.1) is 6.54 Å². The van der Waals surface area contributed by atoms with E-state index < -0.39 is 5.97 Å². The number of carbonyl (C=O) groups excluding carboxylic acids is 1. The zero-order chi connectivity index (χ0) is 13.8. The van der Waals surface area contributed by atoms with Crippen LogP contribution in [0.15, 0.2) is 15.9 Å². The van der Waals surface area contributed by atoms with Crippen molar-refractivity contribution in [3.8, 4) is 0 Å². The fourth-order valence-corrected chi connectivity index (χ4v) is 2.61. The summed E-state index contributed by atoms with van der Waals surface area (Å²) in [6.07, 6.45) is 2.77. The summed E-state index contributed by atoms with van der Waals surface area (Å²) in [5.74, 6) is -1.06. The lowest BCUT2D eigenvalue weighted by atomic mass is 10.2. The number of aromatic carboxylic acids is 1. The molecule has 0 aromatic carbocycles. The molecule has 1 aliphatic rings. The second kappa shape index (κ2) is 6.16. The van der Waals surface area contributed by atoms with E-state index in [0.29, 0.717) is 18.1 Å². The van der Waals surface area contributed by atoms with Gasteiger partial charge in [-0.1, -0.05) is 22.0 Å². The molecule has 0 bridgehead atoms. The Bertz CT molecular complexity index is 529. The first-order valence-electron chi connectivity index (χ1n) is 5.61. The van der Waals surface area contributed by atoms with Crippen LogP contribution in [0, 0.1) is 0 Å². The van der Waals surface area contributed by atoms with E-state index in [1.54, 1.807) is 4.90 Å². The Balaban J connectivity index is 1.84. The van der Waals surface area contributed by atoms with Crippen LogP contribution in [0.25, 0.3) is 0 Å². The van der Waals surface area contributed by atoms with Crippen LogP contribution < -0.4 is 5.32 Å². The van der Waals surface area contributed by atoms with Crippen LogP contribution in [0.5, 0.6) is 0 Å². The number of nitrogens with zero attached hydrogens (tertiary/aromatic N) is 2. The number of carbonyl (C=O) groups is 2. The molecule has 6 nitrogen and oxygen atoms in total. The van der Waals surface area contributed by atoms with Gasteiger partial charge in [-0.25, -0.2) is 14.6 Å². The highest BCUT2D eigenvalue weighted by Crippen LogP contribution is 2.16. The Morgan fingerprint density at radius 3 is 2.95 bits per heavy atom. The molecule has 2 rings (SSSR count). The van der Waals surface area contributed by atoms with Crippen molar-refractivity contribution in [2.24, 2.45) is 0 Å². The monoisotopic (exact) mass is 345 g/mol. The van der Waals surface area contributed by atoms with Gasteiger partial charge in [0.25, 0.3) is 0 Å². The minimum absolute atomic E-state index is 0.0130. The van der Waals surface area contributed by atoms with Crippen molar-refractivity contribution >= 4 is 39.3 Å². The number of nitrogens with one attached hydrogen (secondary N) is 1. The van der Waals surface area contributed by atoms with Gasteiger partial charge in [0.1, 0.15) is 5.01 Å². The molecule has 0 atom stereocenters. The minimum atomic E-state index is -1.06. The number of aromatic nitrogens is 1. The van der Waals surface area contributed by atoms with Crippen molar-refractivity contribution in [1.82, 2.24) is 15.2 Å². The Kier molecular flexibility index (Phi) is 4.54. The maximum atomic E-state index is 11.8. The topological polar surface area (TPSA) is 82.5 Å². The number of thiazole rings is 1. The summed E-state index contributed by atoms with van der Waals surface area (Å²) >= 11 is 4.62. The molecule has 0 saturated carbocycles. The van der Waals surface area contributed by atoms with Crippen LogP contribution in [-0.2, 0) is 6.54 Å². The van der Waals surface area contributed by atoms with Gasteiger partial charge in [-0.2, -0.15) is 0 Å². The van der Waals surface area contributed by atoms with Crippen LogP contribution in [0.2, 0.25) is 0 Å².